The predicted octanol–water partition coefficient (Wildman–Crippen LogP) is 3.25. The maximum absolute atomic E-state index is 4.92. The number of hydrogen-bond donors (Lipinski definition) is 1. The molecule has 0 unspecified atom stereocenters. The highest BCUT2D eigenvalue weighted by molar-refractivity contribution is 14.0. The van der Waals surface area contributed by atoms with Crippen molar-refractivity contribution in [3.63, 3.8) is 0 Å². The van der Waals surface area contributed by atoms with Crippen LogP contribution in [0.15, 0.2) is 4.99 Å². The van der Waals surface area contributed by atoms with E-state index in [1.807, 2.05) is 18.5 Å². The summed E-state index contributed by atoms with van der Waals surface area (Å²) in [5.74, 6) is 2.87. The van der Waals surface area contributed by atoms with Crippen LogP contribution in [0.3, 0.4) is 0 Å². The molecule has 0 spiro atoms. The normalized spacial score (nSPS) is 22.5. The molecule has 0 amide bonds. The number of aryl methyl sites for hydroxylation is 1. The van der Waals surface area contributed by atoms with Gasteiger partial charge in [-0.2, -0.15) is 0 Å². The smallest absolute Gasteiger partial charge is 0.195 e. The van der Waals surface area contributed by atoms with Gasteiger partial charge in [-0.15, -0.1) is 34.2 Å². The highest BCUT2D eigenvalue weighted by atomic mass is 127. The van der Waals surface area contributed by atoms with E-state index < -0.39 is 0 Å². The van der Waals surface area contributed by atoms with Gasteiger partial charge in [0.2, 0.25) is 0 Å². The minimum absolute atomic E-state index is 0. The van der Waals surface area contributed by atoms with Crippen LogP contribution in [0.1, 0.15) is 65.0 Å². The van der Waals surface area contributed by atoms with Crippen LogP contribution in [-0.2, 0) is 13.6 Å². The Hall–Kier alpha value is -0.860. The number of nitrogens with zero attached hydrogens (tertiary/aromatic N) is 5. The van der Waals surface area contributed by atoms with E-state index in [0.717, 1.165) is 24.2 Å². The Labute approximate surface area is 168 Å². The summed E-state index contributed by atoms with van der Waals surface area (Å²) in [7, 11) is 2.00. The Morgan fingerprint density at radius 2 is 1.84 bits per heavy atom. The second-order valence-electron chi connectivity index (χ2n) is 8.52. The SMILES string of the molecule is Cc1nnc(CN=C(NC2CCCC2)N2CC(C)(C)C2(C)C)n1C.I. The number of guanidine groups is 1. The zero-order valence-electron chi connectivity index (χ0n) is 16.5. The van der Waals surface area contributed by atoms with Crippen molar-refractivity contribution in [3.05, 3.63) is 11.6 Å². The monoisotopic (exact) mass is 460 g/mol. The summed E-state index contributed by atoms with van der Waals surface area (Å²) in [6.07, 6.45) is 5.14. The molecular formula is C18H33IN6. The van der Waals surface area contributed by atoms with Crippen LogP contribution in [-0.4, -0.2) is 43.7 Å². The topological polar surface area (TPSA) is 58.3 Å². The molecule has 1 saturated carbocycles. The van der Waals surface area contributed by atoms with Gasteiger partial charge in [-0.1, -0.05) is 26.7 Å². The molecule has 0 aromatic carbocycles. The molecule has 25 heavy (non-hydrogen) atoms. The summed E-state index contributed by atoms with van der Waals surface area (Å²) in [5, 5.41) is 12.1. The van der Waals surface area contributed by atoms with E-state index in [4.69, 9.17) is 4.99 Å². The van der Waals surface area contributed by atoms with Gasteiger partial charge < -0.3 is 14.8 Å². The van der Waals surface area contributed by atoms with E-state index >= 15 is 0 Å². The number of rotatable bonds is 3. The molecule has 1 aromatic rings. The molecule has 142 valence electrons. The maximum atomic E-state index is 4.92. The van der Waals surface area contributed by atoms with Crippen molar-refractivity contribution in [1.29, 1.82) is 0 Å². The van der Waals surface area contributed by atoms with E-state index in [2.05, 4.69) is 48.1 Å². The van der Waals surface area contributed by atoms with Gasteiger partial charge in [-0.25, -0.2) is 4.99 Å². The molecule has 1 aromatic heterocycles. The van der Waals surface area contributed by atoms with Gasteiger partial charge >= 0.3 is 0 Å². The molecule has 0 bridgehead atoms. The van der Waals surface area contributed by atoms with Gasteiger partial charge in [-0.3, -0.25) is 0 Å². The fourth-order valence-corrected chi connectivity index (χ4v) is 3.60. The first-order valence-electron chi connectivity index (χ1n) is 9.16. The first-order chi connectivity index (χ1) is 11.2. The first kappa shape index (κ1) is 20.5. The second-order valence-corrected chi connectivity index (χ2v) is 8.52. The molecule has 7 heteroatoms. The van der Waals surface area contributed by atoms with E-state index in [1.54, 1.807) is 0 Å². The van der Waals surface area contributed by atoms with E-state index in [-0.39, 0.29) is 29.5 Å². The lowest BCUT2D eigenvalue weighted by Gasteiger charge is -2.62. The number of hydrogen-bond acceptors (Lipinski definition) is 3. The average molecular weight is 460 g/mol. The van der Waals surface area contributed by atoms with Crippen LogP contribution in [0.2, 0.25) is 0 Å². The lowest BCUT2D eigenvalue weighted by Crippen LogP contribution is -2.73. The molecule has 1 aliphatic carbocycles. The summed E-state index contributed by atoms with van der Waals surface area (Å²) in [6.45, 7) is 12.9. The quantitative estimate of drug-likeness (QED) is 0.428. The fraction of sp³-hybridized carbons (Fsp3) is 0.833. The van der Waals surface area contributed by atoms with Crippen LogP contribution in [0.25, 0.3) is 0 Å². The largest absolute Gasteiger partial charge is 0.353 e. The number of nitrogens with one attached hydrogen (secondary N) is 1. The highest BCUT2D eigenvalue weighted by Crippen LogP contribution is 2.46. The number of aromatic nitrogens is 3. The van der Waals surface area contributed by atoms with Gasteiger partial charge in [0.1, 0.15) is 12.4 Å². The zero-order valence-corrected chi connectivity index (χ0v) is 18.8. The summed E-state index contributed by atoms with van der Waals surface area (Å²) in [4.78, 5) is 7.35. The number of likely N-dealkylation sites (tertiary alicyclic amines) is 1. The van der Waals surface area contributed by atoms with Crippen molar-refractivity contribution in [3.8, 4) is 0 Å². The lowest BCUT2D eigenvalue weighted by molar-refractivity contribution is -0.0672. The van der Waals surface area contributed by atoms with Gasteiger partial charge in [0.05, 0.1) is 0 Å². The molecule has 0 radical (unpaired) electrons. The van der Waals surface area contributed by atoms with Crippen molar-refractivity contribution in [1.82, 2.24) is 25.0 Å². The van der Waals surface area contributed by atoms with E-state index in [9.17, 15) is 0 Å². The Morgan fingerprint density at radius 1 is 1.20 bits per heavy atom. The molecule has 3 rings (SSSR count). The Kier molecular flexibility index (Phi) is 6.06. The second kappa shape index (κ2) is 7.40. The summed E-state index contributed by atoms with van der Waals surface area (Å²) in [6, 6.07) is 0.560. The van der Waals surface area contributed by atoms with Gasteiger partial charge in [0.25, 0.3) is 0 Å². The number of halogens is 1. The van der Waals surface area contributed by atoms with Crippen molar-refractivity contribution >= 4 is 29.9 Å². The summed E-state index contributed by atoms with van der Waals surface area (Å²) >= 11 is 0. The van der Waals surface area contributed by atoms with Gasteiger partial charge in [0.15, 0.2) is 11.8 Å². The third-order valence-corrected chi connectivity index (χ3v) is 6.38. The fourth-order valence-electron chi connectivity index (χ4n) is 3.60. The molecule has 2 fully saturated rings. The standard InChI is InChI=1S/C18H32N6.HI/c1-13-21-22-15(23(13)6)11-19-16(20-14-9-7-8-10-14)24-12-17(2,3)18(24,4)5;/h14H,7-12H2,1-6H3,(H,19,20);1H. The lowest BCUT2D eigenvalue weighted by atomic mass is 9.65. The summed E-state index contributed by atoms with van der Waals surface area (Å²) in [5.41, 5.74) is 0.403. The molecule has 6 nitrogen and oxygen atoms in total. The first-order valence-corrected chi connectivity index (χ1v) is 9.16. The third-order valence-electron chi connectivity index (χ3n) is 6.38. The molecule has 1 N–H and O–H groups in total. The average Bonchev–Trinajstić information content (AvgIpc) is 3.13. The molecule has 0 atom stereocenters. The van der Waals surface area contributed by atoms with Crippen molar-refractivity contribution < 1.29 is 0 Å². The van der Waals surface area contributed by atoms with Crippen LogP contribution in [0, 0.1) is 12.3 Å². The molecule has 2 heterocycles. The minimum Gasteiger partial charge on any atom is -0.353 e. The van der Waals surface area contributed by atoms with Gasteiger partial charge in [-0.05, 0) is 33.6 Å². The van der Waals surface area contributed by atoms with Crippen molar-refractivity contribution in [2.45, 2.75) is 78.4 Å². The molecular weight excluding hydrogens is 427 g/mol. The predicted molar refractivity (Wildman–Crippen MR) is 112 cm³/mol. The zero-order chi connectivity index (χ0) is 17.5. The number of aliphatic imine (C=N–C) groups is 1. The molecule has 2 aliphatic rings. The minimum atomic E-state index is 0. The molecule has 1 aliphatic heterocycles. The highest BCUT2D eigenvalue weighted by Gasteiger charge is 2.54. The van der Waals surface area contributed by atoms with Crippen LogP contribution in [0.5, 0.6) is 0 Å². The Morgan fingerprint density at radius 3 is 2.32 bits per heavy atom. The maximum Gasteiger partial charge on any atom is 0.195 e. The Bertz CT molecular complexity index is 628. The van der Waals surface area contributed by atoms with Crippen LogP contribution < -0.4 is 5.32 Å². The van der Waals surface area contributed by atoms with Crippen molar-refractivity contribution in [2.75, 3.05) is 6.54 Å². The molecule has 1 saturated heterocycles. The van der Waals surface area contributed by atoms with Crippen LogP contribution in [0.4, 0.5) is 0 Å². The van der Waals surface area contributed by atoms with Crippen LogP contribution >= 0.6 is 24.0 Å². The third kappa shape index (κ3) is 3.80. The van der Waals surface area contributed by atoms with Crippen molar-refractivity contribution in [2.24, 2.45) is 17.5 Å². The van der Waals surface area contributed by atoms with E-state index in [0.29, 0.717) is 18.0 Å². The van der Waals surface area contributed by atoms with E-state index in [1.165, 1.54) is 25.7 Å². The Balaban J connectivity index is 0.00000225. The van der Waals surface area contributed by atoms with Gasteiger partial charge in [0, 0.05) is 30.6 Å². The summed E-state index contributed by atoms with van der Waals surface area (Å²) < 4.78 is 2.02.